The number of benzene rings is 1. The van der Waals surface area contributed by atoms with Gasteiger partial charge < -0.3 is 10.5 Å². The van der Waals surface area contributed by atoms with Gasteiger partial charge in [0.15, 0.2) is 0 Å². The molecule has 3 nitrogen and oxygen atoms in total. The zero-order valence-corrected chi connectivity index (χ0v) is 11.4. The van der Waals surface area contributed by atoms with Crippen LogP contribution in [-0.4, -0.2) is 37.2 Å². The zero-order valence-electron chi connectivity index (χ0n) is 11.4. The number of nitrogens with zero attached hydrogens (tertiary/aromatic N) is 1. The Morgan fingerprint density at radius 2 is 2.11 bits per heavy atom. The number of rotatable bonds is 5. The summed E-state index contributed by atoms with van der Waals surface area (Å²) in [6.07, 6.45) is 3.46. The normalized spacial score (nSPS) is 22.1. The Bertz CT molecular complexity index is 363. The summed E-state index contributed by atoms with van der Waals surface area (Å²) in [5.41, 5.74) is 7.33. The molecule has 2 unspecified atom stereocenters. The van der Waals surface area contributed by atoms with E-state index < -0.39 is 0 Å². The Kier molecular flexibility index (Phi) is 4.61. The van der Waals surface area contributed by atoms with E-state index in [9.17, 15) is 0 Å². The third kappa shape index (κ3) is 3.47. The first-order chi connectivity index (χ1) is 8.69. The van der Waals surface area contributed by atoms with Crippen molar-refractivity contribution in [1.82, 2.24) is 4.90 Å². The van der Waals surface area contributed by atoms with Crippen LogP contribution in [-0.2, 0) is 6.42 Å². The maximum absolute atomic E-state index is 5.95. The monoisotopic (exact) mass is 248 g/mol. The maximum Gasteiger partial charge on any atom is 0.118 e. The van der Waals surface area contributed by atoms with Gasteiger partial charge in [-0.05, 0) is 50.4 Å². The molecule has 2 atom stereocenters. The molecule has 1 fully saturated rings. The van der Waals surface area contributed by atoms with Gasteiger partial charge in [-0.2, -0.15) is 0 Å². The molecule has 1 saturated heterocycles. The second-order valence-electron chi connectivity index (χ2n) is 5.28. The highest BCUT2D eigenvalue weighted by Gasteiger charge is 2.22. The maximum atomic E-state index is 5.95. The van der Waals surface area contributed by atoms with Crippen LogP contribution in [0.25, 0.3) is 0 Å². The third-order valence-corrected chi connectivity index (χ3v) is 3.89. The average Bonchev–Trinajstić information content (AvgIpc) is 2.83. The van der Waals surface area contributed by atoms with Crippen LogP contribution in [0.2, 0.25) is 0 Å². The molecule has 1 aliphatic heterocycles. The lowest BCUT2D eigenvalue weighted by atomic mass is 10.1. The van der Waals surface area contributed by atoms with Crippen LogP contribution < -0.4 is 10.5 Å². The first-order valence-corrected chi connectivity index (χ1v) is 6.81. The predicted octanol–water partition coefficient (Wildman–Crippen LogP) is 2.05. The molecule has 1 aromatic carbocycles. The van der Waals surface area contributed by atoms with Crippen LogP contribution in [0, 0.1) is 0 Å². The van der Waals surface area contributed by atoms with Gasteiger partial charge in [0.05, 0.1) is 7.11 Å². The fraction of sp³-hybridized carbons (Fsp3) is 0.600. The molecule has 1 heterocycles. The van der Waals surface area contributed by atoms with Crippen molar-refractivity contribution in [1.29, 1.82) is 0 Å². The fourth-order valence-electron chi connectivity index (χ4n) is 2.57. The number of nitrogens with two attached hydrogens (primary N) is 1. The van der Waals surface area contributed by atoms with Crippen LogP contribution in [0.3, 0.4) is 0 Å². The second kappa shape index (κ2) is 6.21. The van der Waals surface area contributed by atoms with E-state index in [0.717, 1.165) is 31.7 Å². The lowest BCUT2D eigenvalue weighted by molar-refractivity contribution is 0.244. The Morgan fingerprint density at radius 3 is 2.67 bits per heavy atom. The molecule has 0 amide bonds. The van der Waals surface area contributed by atoms with Gasteiger partial charge in [0.25, 0.3) is 0 Å². The molecule has 3 heteroatoms. The van der Waals surface area contributed by atoms with E-state index in [4.69, 9.17) is 10.5 Å². The molecular formula is C15H24N2O. The zero-order chi connectivity index (χ0) is 13.0. The van der Waals surface area contributed by atoms with E-state index in [0.29, 0.717) is 12.1 Å². The molecule has 2 N–H and O–H groups in total. The number of hydrogen-bond acceptors (Lipinski definition) is 3. The Labute approximate surface area is 110 Å². The third-order valence-electron chi connectivity index (χ3n) is 3.89. The topological polar surface area (TPSA) is 38.5 Å². The summed E-state index contributed by atoms with van der Waals surface area (Å²) < 4.78 is 5.17. The lowest BCUT2D eigenvalue weighted by Gasteiger charge is -2.24. The number of likely N-dealkylation sites (tertiary alicyclic amines) is 1. The molecule has 0 spiro atoms. The summed E-state index contributed by atoms with van der Waals surface area (Å²) >= 11 is 0. The molecule has 0 saturated carbocycles. The smallest absolute Gasteiger partial charge is 0.118 e. The van der Waals surface area contributed by atoms with E-state index >= 15 is 0 Å². The first-order valence-electron chi connectivity index (χ1n) is 6.81. The first kappa shape index (κ1) is 13.4. The molecule has 0 bridgehead atoms. The van der Waals surface area contributed by atoms with Gasteiger partial charge in [-0.15, -0.1) is 0 Å². The number of aryl methyl sites for hydroxylation is 1. The minimum atomic E-state index is 0.383. The number of ether oxygens (including phenoxy) is 1. The van der Waals surface area contributed by atoms with Gasteiger partial charge in [-0.3, -0.25) is 4.90 Å². The average molecular weight is 248 g/mol. The van der Waals surface area contributed by atoms with E-state index in [1.807, 2.05) is 12.1 Å². The summed E-state index contributed by atoms with van der Waals surface area (Å²) in [6, 6.07) is 9.38. The lowest BCUT2D eigenvalue weighted by Crippen LogP contribution is -2.33. The molecule has 18 heavy (non-hydrogen) atoms. The van der Waals surface area contributed by atoms with E-state index in [1.54, 1.807) is 7.11 Å². The van der Waals surface area contributed by atoms with Crippen LogP contribution in [0.1, 0.15) is 25.3 Å². The Morgan fingerprint density at radius 1 is 1.39 bits per heavy atom. The number of hydrogen-bond donors (Lipinski definition) is 1. The van der Waals surface area contributed by atoms with Gasteiger partial charge in [0.1, 0.15) is 5.75 Å². The highest BCUT2D eigenvalue weighted by molar-refractivity contribution is 5.27. The standard InChI is InChI=1S/C15H24N2O/c1-12(17-10-9-14(16)11-17)3-4-13-5-7-15(18-2)8-6-13/h5-8,12,14H,3-4,9-11,16H2,1-2H3. The minimum Gasteiger partial charge on any atom is -0.497 e. The Balaban J connectivity index is 1.79. The molecule has 1 aliphatic rings. The van der Waals surface area contributed by atoms with Crippen LogP contribution in [0.15, 0.2) is 24.3 Å². The van der Waals surface area contributed by atoms with Gasteiger partial charge >= 0.3 is 0 Å². The minimum absolute atomic E-state index is 0.383. The summed E-state index contributed by atoms with van der Waals surface area (Å²) in [4.78, 5) is 2.51. The molecule has 1 aromatic rings. The SMILES string of the molecule is COc1ccc(CCC(C)N2CCC(N)C2)cc1. The van der Waals surface area contributed by atoms with Crippen molar-refractivity contribution in [3.05, 3.63) is 29.8 Å². The summed E-state index contributed by atoms with van der Waals surface area (Å²) in [6.45, 7) is 4.52. The van der Waals surface area contributed by atoms with Crippen molar-refractivity contribution in [2.24, 2.45) is 5.73 Å². The predicted molar refractivity (Wildman–Crippen MR) is 74.9 cm³/mol. The fourth-order valence-corrected chi connectivity index (χ4v) is 2.57. The van der Waals surface area contributed by atoms with Crippen LogP contribution in [0.4, 0.5) is 0 Å². The largest absolute Gasteiger partial charge is 0.497 e. The second-order valence-corrected chi connectivity index (χ2v) is 5.28. The van der Waals surface area contributed by atoms with Crippen molar-refractivity contribution in [3.63, 3.8) is 0 Å². The van der Waals surface area contributed by atoms with Crippen molar-refractivity contribution < 1.29 is 4.74 Å². The highest BCUT2D eigenvalue weighted by atomic mass is 16.5. The molecule has 0 radical (unpaired) electrons. The van der Waals surface area contributed by atoms with Crippen LogP contribution in [0.5, 0.6) is 5.75 Å². The molecular weight excluding hydrogens is 224 g/mol. The van der Waals surface area contributed by atoms with Gasteiger partial charge in [0.2, 0.25) is 0 Å². The highest BCUT2D eigenvalue weighted by Crippen LogP contribution is 2.17. The molecule has 100 valence electrons. The van der Waals surface area contributed by atoms with Crippen molar-refractivity contribution in [2.45, 2.75) is 38.3 Å². The van der Waals surface area contributed by atoms with Crippen molar-refractivity contribution in [3.8, 4) is 5.75 Å². The number of methoxy groups -OCH3 is 1. The summed E-state index contributed by atoms with van der Waals surface area (Å²) in [7, 11) is 1.70. The molecule has 0 aromatic heterocycles. The summed E-state index contributed by atoms with van der Waals surface area (Å²) in [5, 5.41) is 0. The van der Waals surface area contributed by atoms with Crippen molar-refractivity contribution in [2.75, 3.05) is 20.2 Å². The van der Waals surface area contributed by atoms with Gasteiger partial charge in [-0.1, -0.05) is 12.1 Å². The van der Waals surface area contributed by atoms with Gasteiger partial charge in [0, 0.05) is 18.6 Å². The molecule has 2 rings (SSSR count). The summed E-state index contributed by atoms with van der Waals surface area (Å²) in [5.74, 6) is 0.928. The Hall–Kier alpha value is -1.06. The van der Waals surface area contributed by atoms with E-state index in [-0.39, 0.29) is 0 Å². The van der Waals surface area contributed by atoms with Crippen molar-refractivity contribution >= 4 is 0 Å². The van der Waals surface area contributed by atoms with E-state index in [1.165, 1.54) is 12.0 Å². The molecule has 0 aliphatic carbocycles. The van der Waals surface area contributed by atoms with E-state index in [2.05, 4.69) is 24.0 Å². The van der Waals surface area contributed by atoms with Crippen LogP contribution >= 0.6 is 0 Å². The quantitative estimate of drug-likeness (QED) is 0.866. The van der Waals surface area contributed by atoms with Gasteiger partial charge in [-0.25, -0.2) is 0 Å².